The topological polar surface area (TPSA) is 131 Å². The number of hydrogen-bond acceptors (Lipinski definition) is 8. The number of carbonyl (C=O) groups excluding carboxylic acids is 1. The fourth-order valence-electron chi connectivity index (χ4n) is 4.19. The zero-order chi connectivity index (χ0) is 25.8. The highest BCUT2D eigenvalue weighted by molar-refractivity contribution is 7.93. The molecule has 1 aromatic heterocycles. The summed E-state index contributed by atoms with van der Waals surface area (Å²) in [5.74, 6) is 0.574. The van der Waals surface area contributed by atoms with Crippen molar-refractivity contribution in [2.75, 3.05) is 26.9 Å². The van der Waals surface area contributed by atoms with Gasteiger partial charge in [0.05, 0.1) is 18.6 Å². The Balaban J connectivity index is 1.36. The summed E-state index contributed by atoms with van der Waals surface area (Å²) in [7, 11) is -2.43. The quantitative estimate of drug-likeness (QED) is 0.407. The summed E-state index contributed by atoms with van der Waals surface area (Å²) < 4.78 is 46.9. The number of primary amides is 1. The van der Waals surface area contributed by atoms with Crippen molar-refractivity contribution in [3.63, 3.8) is 0 Å². The number of amides is 1. The molecule has 1 saturated heterocycles. The maximum absolute atomic E-state index is 13.2. The van der Waals surface area contributed by atoms with E-state index in [0.29, 0.717) is 42.7 Å². The first-order valence-electron chi connectivity index (χ1n) is 11.7. The maximum Gasteiger partial charge on any atom is 0.313 e. The third kappa shape index (κ3) is 5.10. The van der Waals surface area contributed by atoms with E-state index in [1.165, 1.54) is 12.1 Å². The van der Waals surface area contributed by atoms with Crippen LogP contribution in [0.15, 0.2) is 57.8 Å². The van der Waals surface area contributed by atoms with Gasteiger partial charge in [0, 0.05) is 25.2 Å². The van der Waals surface area contributed by atoms with E-state index >= 15 is 0 Å². The molecule has 1 amide bonds. The lowest BCUT2D eigenvalue weighted by molar-refractivity contribution is -0.122. The van der Waals surface area contributed by atoms with Crippen LogP contribution in [0.1, 0.15) is 30.7 Å². The van der Waals surface area contributed by atoms with Crippen LogP contribution in [0.25, 0.3) is 11.3 Å². The van der Waals surface area contributed by atoms with Crippen molar-refractivity contribution in [1.29, 1.82) is 0 Å². The lowest BCUT2D eigenvalue weighted by Crippen LogP contribution is -2.53. The van der Waals surface area contributed by atoms with E-state index in [2.05, 4.69) is 4.98 Å². The van der Waals surface area contributed by atoms with Crippen LogP contribution >= 0.6 is 0 Å². The lowest BCUT2D eigenvalue weighted by atomic mass is 9.98. The minimum atomic E-state index is -3.97. The number of oxazole rings is 1. The minimum absolute atomic E-state index is 0.0334. The number of ether oxygens (including phenoxy) is 3. The number of aryl methyl sites for hydroxylation is 2. The second-order valence-electron chi connectivity index (χ2n) is 8.71. The molecule has 1 aliphatic rings. The van der Waals surface area contributed by atoms with Crippen LogP contribution in [-0.4, -0.2) is 51.0 Å². The largest absolute Gasteiger partial charge is 0.494 e. The molecule has 0 saturated carbocycles. The predicted molar refractivity (Wildman–Crippen MR) is 133 cm³/mol. The van der Waals surface area contributed by atoms with E-state index in [1.807, 2.05) is 31.2 Å². The van der Waals surface area contributed by atoms with E-state index in [1.54, 1.807) is 19.2 Å². The van der Waals surface area contributed by atoms with Crippen LogP contribution in [0, 0.1) is 6.92 Å². The first kappa shape index (κ1) is 25.7. The normalized spacial score (nSPS) is 15.4. The molecule has 0 radical (unpaired) electrons. The Kier molecular flexibility index (Phi) is 7.65. The van der Waals surface area contributed by atoms with E-state index < -0.39 is 20.5 Å². The zero-order valence-corrected chi connectivity index (χ0v) is 21.2. The second kappa shape index (κ2) is 10.7. The van der Waals surface area contributed by atoms with Crippen LogP contribution in [0.4, 0.5) is 0 Å². The summed E-state index contributed by atoms with van der Waals surface area (Å²) in [6.07, 6.45) is 1.25. The van der Waals surface area contributed by atoms with Crippen molar-refractivity contribution in [1.82, 2.24) is 4.98 Å². The Morgan fingerprint density at radius 3 is 2.36 bits per heavy atom. The van der Waals surface area contributed by atoms with E-state index in [9.17, 15) is 13.2 Å². The molecule has 9 nitrogen and oxygen atoms in total. The average molecular weight is 515 g/mol. The van der Waals surface area contributed by atoms with E-state index in [-0.39, 0.29) is 31.0 Å². The number of nitrogens with zero attached hydrogens (tertiary/aromatic N) is 1. The molecule has 1 fully saturated rings. The van der Waals surface area contributed by atoms with E-state index in [4.69, 9.17) is 24.4 Å². The van der Waals surface area contributed by atoms with Crippen molar-refractivity contribution < 1.29 is 31.8 Å². The smallest absolute Gasteiger partial charge is 0.313 e. The number of nitrogens with two attached hydrogens (primary N) is 1. The molecule has 0 atom stereocenters. The summed E-state index contributed by atoms with van der Waals surface area (Å²) in [5, 5.41) is 0. The van der Waals surface area contributed by atoms with Gasteiger partial charge in [0.25, 0.3) is 0 Å². The fourth-order valence-corrected chi connectivity index (χ4v) is 6.10. The van der Waals surface area contributed by atoms with Gasteiger partial charge in [-0.25, -0.2) is 13.4 Å². The molecular formula is C26H30N2O7S. The number of hydrogen-bond donors (Lipinski definition) is 1. The molecule has 1 aliphatic heterocycles. The summed E-state index contributed by atoms with van der Waals surface area (Å²) in [6.45, 7) is 2.74. The number of carbonyl (C=O) groups is 1. The maximum atomic E-state index is 13.2. The van der Waals surface area contributed by atoms with Crippen molar-refractivity contribution in [3.8, 4) is 23.0 Å². The molecule has 2 N–H and O–H groups in total. The zero-order valence-electron chi connectivity index (χ0n) is 20.4. The standard InChI is InChI=1S/C26H30N2O7S/c1-18-5-7-19(8-6-18)23-24(32-2)35-22(28-23)4-3-15-34-20-9-11-21(12-10-20)36(30,31)26(25(27)29)13-16-33-17-14-26/h5-12H,3-4,13-17H2,1-2H3,(H2,27,29). The van der Waals surface area contributed by atoms with Crippen molar-refractivity contribution in [2.24, 2.45) is 5.73 Å². The van der Waals surface area contributed by atoms with Gasteiger partial charge in [-0.2, -0.15) is 0 Å². The van der Waals surface area contributed by atoms with Crippen LogP contribution < -0.4 is 15.2 Å². The molecular weight excluding hydrogens is 484 g/mol. The molecule has 3 aromatic rings. The van der Waals surface area contributed by atoms with Crippen LogP contribution in [0.2, 0.25) is 0 Å². The first-order chi connectivity index (χ1) is 17.3. The molecule has 192 valence electrons. The molecule has 2 aromatic carbocycles. The van der Waals surface area contributed by atoms with Gasteiger partial charge in [-0.05, 0) is 50.5 Å². The van der Waals surface area contributed by atoms with Crippen molar-refractivity contribution in [3.05, 3.63) is 60.0 Å². The van der Waals surface area contributed by atoms with Gasteiger partial charge < -0.3 is 24.4 Å². The molecule has 0 unspecified atom stereocenters. The van der Waals surface area contributed by atoms with Crippen LogP contribution in [0.3, 0.4) is 0 Å². The van der Waals surface area contributed by atoms with Gasteiger partial charge in [0.2, 0.25) is 5.91 Å². The highest BCUT2D eigenvalue weighted by Gasteiger charge is 2.51. The summed E-state index contributed by atoms with van der Waals surface area (Å²) in [6, 6.07) is 14.0. The highest BCUT2D eigenvalue weighted by Crippen LogP contribution is 2.35. The Morgan fingerprint density at radius 1 is 1.08 bits per heavy atom. The molecule has 4 rings (SSSR count). The van der Waals surface area contributed by atoms with Crippen molar-refractivity contribution >= 4 is 15.7 Å². The Hall–Kier alpha value is -3.37. The summed E-state index contributed by atoms with van der Waals surface area (Å²) in [4.78, 5) is 16.7. The minimum Gasteiger partial charge on any atom is -0.494 e. The Bertz CT molecular complexity index is 1290. The van der Waals surface area contributed by atoms with Crippen LogP contribution in [-0.2, 0) is 25.8 Å². The summed E-state index contributed by atoms with van der Waals surface area (Å²) in [5.41, 5.74) is 8.25. The monoisotopic (exact) mass is 514 g/mol. The van der Waals surface area contributed by atoms with Gasteiger partial charge in [0.1, 0.15) is 5.75 Å². The van der Waals surface area contributed by atoms with Gasteiger partial charge in [-0.3, -0.25) is 4.79 Å². The Morgan fingerprint density at radius 2 is 1.75 bits per heavy atom. The number of rotatable bonds is 10. The molecule has 10 heteroatoms. The molecule has 36 heavy (non-hydrogen) atoms. The number of benzene rings is 2. The van der Waals surface area contributed by atoms with Crippen molar-refractivity contribution in [2.45, 2.75) is 42.2 Å². The third-order valence-corrected chi connectivity index (χ3v) is 8.88. The number of aromatic nitrogens is 1. The van der Waals surface area contributed by atoms with E-state index in [0.717, 1.165) is 11.1 Å². The number of methoxy groups -OCH3 is 1. The van der Waals surface area contributed by atoms with Gasteiger partial charge in [0.15, 0.2) is 26.2 Å². The highest BCUT2D eigenvalue weighted by atomic mass is 32.2. The fraction of sp³-hybridized carbons (Fsp3) is 0.385. The Labute approximate surface area is 210 Å². The molecule has 0 spiro atoms. The van der Waals surface area contributed by atoms with Gasteiger partial charge in [-0.1, -0.05) is 29.8 Å². The SMILES string of the molecule is COc1oc(CCCOc2ccc(S(=O)(=O)C3(C(N)=O)CCOCC3)cc2)nc1-c1ccc(C)cc1. The lowest BCUT2D eigenvalue weighted by Gasteiger charge is -2.33. The van der Waals surface area contributed by atoms with Gasteiger partial charge in [-0.15, -0.1) is 0 Å². The molecule has 0 aliphatic carbocycles. The summed E-state index contributed by atoms with van der Waals surface area (Å²) >= 11 is 0. The first-order valence-corrected chi connectivity index (χ1v) is 13.2. The molecule has 0 bridgehead atoms. The average Bonchev–Trinajstić information content (AvgIpc) is 3.31. The van der Waals surface area contributed by atoms with Crippen LogP contribution in [0.5, 0.6) is 11.7 Å². The molecule has 2 heterocycles. The second-order valence-corrected chi connectivity index (χ2v) is 11.0. The predicted octanol–water partition coefficient (Wildman–Crippen LogP) is 3.48. The number of sulfone groups is 1. The third-order valence-electron chi connectivity index (χ3n) is 6.35. The van der Waals surface area contributed by atoms with Gasteiger partial charge >= 0.3 is 5.95 Å².